The Balaban J connectivity index is 1.46. The number of benzene rings is 2. The van der Waals surface area contributed by atoms with Crippen molar-refractivity contribution < 1.29 is 27.4 Å². The Kier molecular flexibility index (Phi) is 6.40. The Morgan fingerprint density at radius 3 is 2.41 bits per heavy atom. The summed E-state index contributed by atoms with van der Waals surface area (Å²) in [6, 6.07) is 9.47. The van der Waals surface area contributed by atoms with Gasteiger partial charge in [-0.05, 0) is 24.7 Å². The second-order valence-electron chi connectivity index (χ2n) is 9.17. The number of carbonyl (C=O) groups excluding carboxylic acids is 1. The largest absolute Gasteiger partial charge is 0.496 e. The molecule has 0 bridgehead atoms. The number of hydrogen-bond acceptors (Lipinski definition) is 6. The molecule has 37 heavy (non-hydrogen) atoms. The number of halogens is 3. The van der Waals surface area contributed by atoms with Crippen LogP contribution in [0.3, 0.4) is 0 Å². The monoisotopic (exact) mass is 513 g/mol. The summed E-state index contributed by atoms with van der Waals surface area (Å²) >= 11 is 0. The number of aromatic nitrogens is 4. The van der Waals surface area contributed by atoms with Crippen LogP contribution in [0, 0.1) is 0 Å². The average Bonchev–Trinajstić information content (AvgIpc) is 3.51. The van der Waals surface area contributed by atoms with Gasteiger partial charge in [0, 0.05) is 43.4 Å². The molecule has 194 valence electrons. The predicted octanol–water partition coefficient (Wildman–Crippen LogP) is 4.92. The highest BCUT2D eigenvalue weighted by Crippen LogP contribution is 2.36. The molecule has 8 nitrogen and oxygen atoms in total. The normalized spacial score (nSPS) is 14.6. The van der Waals surface area contributed by atoms with Gasteiger partial charge in [0.2, 0.25) is 0 Å². The number of hydrogen-bond donors (Lipinski definition) is 0. The number of likely N-dealkylation sites (N-methyl/N-ethyl adjacent to an activating group) is 1. The molecule has 0 atom stereocenters. The summed E-state index contributed by atoms with van der Waals surface area (Å²) in [6.07, 6.45) is -0.815. The zero-order chi connectivity index (χ0) is 26.3. The van der Waals surface area contributed by atoms with E-state index in [4.69, 9.17) is 9.47 Å². The van der Waals surface area contributed by atoms with E-state index < -0.39 is 24.8 Å². The lowest BCUT2D eigenvalue weighted by atomic mass is 10.0. The summed E-state index contributed by atoms with van der Waals surface area (Å²) in [5.74, 6) is -0.435. The van der Waals surface area contributed by atoms with Crippen LogP contribution in [0.1, 0.15) is 29.2 Å². The predicted molar refractivity (Wildman–Crippen MR) is 132 cm³/mol. The molecule has 3 heterocycles. The maximum absolute atomic E-state index is 12.7. The first kappa shape index (κ1) is 24.8. The number of nitrogens with zero attached hydrogens (tertiary/aromatic N) is 5. The Labute approximate surface area is 211 Å². The van der Waals surface area contributed by atoms with Crippen LogP contribution in [0.15, 0.2) is 49.1 Å². The fourth-order valence-corrected chi connectivity index (χ4v) is 4.61. The second kappa shape index (κ2) is 9.55. The lowest BCUT2D eigenvalue weighted by molar-refractivity contribution is -0.133. The Morgan fingerprint density at radius 1 is 1.08 bits per heavy atom. The molecule has 0 N–H and O–H groups in total. The minimum Gasteiger partial charge on any atom is -0.496 e. The summed E-state index contributed by atoms with van der Waals surface area (Å²) in [5.41, 5.74) is 4.11. The lowest BCUT2D eigenvalue weighted by Gasteiger charge is -2.36. The maximum atomic E-state index is 12.7. The molecule has 0 aliphatic carbocycles. The first-order valence-corrected chi connectivity index (χ1v) is 11.7. The number of Topliss-reactive ketones (excluding diaryl/α,β-unsaturated/α-hetero) is 1. The van der Waals surface area contributed by atoms with Crippen molar-refractivity contribution in [3.05, 3.63) is 54.6 Å². The summed E-state index contributed by atoms with van der Waals surface area (Å²) in [7, 11) is 4.80. The van der Waals surface area contributed by atoms with Gasteiger partial charge in [0.25, 0.3) is 0 Å². The van der Waals surface area contributed by atoms with Gasteiger partial charge in [-0.25, -0.2) is 4.98 Å². The average molecular weight is 514 g/mol. The Morgan fingerprint density at radius 2 is 1.78 bits per heavy atom. The summed E-state index contributed by atoms with van der Waals surface area (Å²) in [5, 5.41) is 4.52. The van der Waals surface area contributed by atoms with E-state index in [1.807, 2.05) is 39.8 Å². The summed E-state index contributed by atoms with van der Waals surface area (Å²) in [6.45, 7) is 1.95. The van der Waals surface area contributed by atoms with Crippen molar-refractivity contribution in [3.8, 4) is 28.3 Å². The van der Waals surface area contributed by atoms with Crippen molar-refractivity contribution in [3.63, 3.8) is 0 Å². The van der Waals surface area contributed by atoms with E-state index >= 15 is 0 Å². The van der Waals surface area contributed by atoms with Crippen molar-refractivity contribution >= 4 is 16.8 Å². The fourth-order valence-electron chi connectivity index (χ4n) is 4.61. The van der Waals surface area contributed by atoms with Crippen molar-refractivity contribution in [1.82, 2.24) is 24.2 Å². The van der Waals surface area contributed by atoms with Crippen LogP contribution in [0.5, 0.6) is 11.5 Å². The third-order valence-electron chi connectivity index (χ3n) is 6.58. The van der Waals surface area contributed by atoms with E-state index in [-0.39, 0.29) is 17.1 Å². The van der Waals surface area contributed by atoms with Gasteiger partial charge in [-0.15, -0.1) is 0 Å². The molecule has 1 fully saturated rings. The molecule has 0 saturated carbocycles. The van der Waals surface area contributed by atoms with E-state index in [1.165, 1.54) is 14.2 Å². The van der Waals surface area contributed by atoms with Crippen LogP contribution in [-0.2, 0) is 0 Å². The highest BCUT2D eigenvalue weighted by molar-refractivity contribution is 6.02. The van der Waals surface area contributed by atoms with Crippen molar-refractivity contribution in [1.29, 1.82) is 0 Å². The molecular formula is C26H26F3N5O3. The van der Waals surface area contributed by atoms with Crippen LogP contribution in [-0.4, -0.2) is 70.5 Å². The number of likely N-dealkylation sites (tertiary alicyclic amines) is 1. The number of alkyl halides is 3. The van der Waals surface area contributed by atoms with Gasteiger partial charge in [0.05, 0.1) is 49.6 Å². The van der Waals surface area contributed by atoms with E-state index in [0.29, 0.717) is 11.7 Å². The molecule has 1 aliphatic heterocycles. The molecule has 0 radical (unpaired) electrons. The molecule has 0 amide bonds. The third kappa shape index (κ3) is 4.91. The number of fused-ring (bicyclic) bond motifs is 1. The van der Waals surface area contributed by atoms with Gasteiger partial charge in [-0.1, -0.05) is 6.07 Å². The van der Waals surface area contributed by atoms with E-state index in [9.17, 15) is 18.0 Å². The highest BCUT2D eigenvalue weighted by Gasteiger charge is 2.30. The molecule has 1 saturated heterocycles. The molecule has 0 spiro atoms. The maximum Gasteiger partial charge on any atom is 0.389 e. The number of imidazole rings is 1. The van der Waals surface area contributed by atoms with Crippen LogP contribution in [0.4, 0.5) is 13.2 Å². The van der Waals surface area contributed by atoms with E-state index in [2.05, 4.69) is 22.0 Å². The van der Waals surface area contributed by atoms with Crippen LogP contribution < -0.4 is 9.47 Å². The zero-order valence-electron chi connectivity index (χ0n) is 20.6. The van der Waals surface area contributed by atoms with Crippen LogP contribution in [0.2, 0.25) is 0 Å². The smallest absolute Gasteiger partial charge is 0.389 e. The third-order valence-corrected chi connectivity index (χ3v) is 6.58. The molecule has 2 aromatic carbocycles. The van der Waals surface area contributed by atoms with Gasteiger partial charge < -0.3 is 14.4 Å². The molecular weight excluding hydrogens is 487 g/mol. The standard InChI is InChI=1S/C26H26F3N5O3/c1-32-13-19(14-32)34-12-17(11-31-34)16-4-5-21-20(8-16)30-15-33(21)18-9-23(36-2)25(24(10-18)37-3)22(35)6-7-26(27,28)29/h4-5,8-12,15,19H,6-7,13-14H2,1-3H3. The summed E-state index contributed by atoms with van der Waals surface area (Å²) < 4.78 is 52.6. The Bertz CT molecular complexity index is 1430. The number of methoxy groups -OCH3 is 2. The zero-order valence-corrected chi connectivity index (χ0v) is 20.6. The van der Waals surface area contributed by atoms with E-state index in [1.54, 1.807) is 18.5 Å². The minimum absolute atomic E-state index is 0.0145. The van der Waals surface area contributed by atoms with E-state index in [0.717, 1.165) is 35.2 Å². The van der Waals surface area contributed by atoms with Gasteiger partial charge in [-0.2, -0.15) is 18.3 Å². The highest BCUT2D eigenvalue weighted by atomic mass is 19.4. The molecule has 1 aliphatic rings. The van der Waals surface area contributed by atoms with Crippen molar-refractivity contribution in [2.75, 3.05) is 34.4 Å². The quantitative estimate of drug-likeness (QED) is 0.312. The lowest BCUT2D eigenvalue weighted by Crippen LogP contribution is -2.45. The fraction of sp³-hybridized carbons (Fsp3) is 0.346. The Hall–Kier alpha value is -3.86. The molecule has 11 heteroatoms. The molecule has 0 unspecified atom stereocenters. The topological polar surface area (TPSA) is 74.4 Å². The van der Waals surface area contributed by atoms with Gasteiger partial charge in [0.1, 0.15) is 23.4 Å². The first-order valence-electron chi connectivity index (χ1n) is 11.7. The minimum atomic E-state index is -4.43. The van der Waals surface area contributed by atoms with Crippen LogP contribution >= 0.6 is 0 Å². The van der Waals surface area contributed by atoms with Gasteiger partial charge in [0.15, 0.2) is 5.78 Å². The SMILES string of the molecule is COc1cc(-n2cnc3cc(-c4cnn(C5CN(C)C5)c4)ccc32)cc(OC)c1C(=O)CCC(F)(F)F. The number of carbonyl (C=O) groups is 1. The molecule has 2 aromatic heterocycles. The summed E-state index contributed by atoms with van der Waals surface area (Å²) in [4.78, 5) is 19.4. The number of ether oxygens (including phenoxy) is 2. The van der Waals surface area contributed by atoms with Crippen molar-refractivity contribution in [2.24, 2.45) is 0 Å². The van der Waals surface area contributed by atoms with Gasteiger partial charge in [-0.3, -0.25) is 14.0 Å². The number of rotatable bonds is 8. The van der Waals surface area contributed by atoms with Crippen LogP contribution in [0.25, 0.3) is 27.8 Å². The van der Waals surface area contributed by atoms with Crippen molar-refractivity contribution in [2.45, 2.75) is 25.1 Å². The molecule has 5 rings (SSSR count). The number of ketones is 1. The second-order valence-corrected chi connectivity index (χ2v) is 9.17. The first-order chi connectivity index (χ1) is 17.7. The molecule has 4 aromatic rings. The van der Waals surface area contributed by atoms with Gasteiger partial charge >= 0.3 is 6.18 Å².